The third-order valence-corrected chi connectivity index (χ3v) is 2.41. The van der Waals surface area contributed by atoms with Crippen molar-refractivity contribution in [2.45, 2.75) is 0 Å². The van der Waals surface area contributed by atoms with Gasteiger partial charge in [-0.2, -0.15) is 0 Å². The topological polar surface area (TPSA) is 52.4 Å². The second kappa shape index (κ2) is 3.71. The predicted octanol–water partition coefficient (Wildman–Crippen LogP) is 2.63. The molecule has 2 rings (SSSR count). The molecular weight excluding hydrogens is 244 g/mol. The highest BCUT2D eigenvalue weighted by molar-refractivity contribution is 6.31. The number of hydrogen-bond acceptors (Lipinski definition) is 3. The first-order valence-electron chi connectivity index (χ1n) is 4.16. The predicted molar refractivity (Wildman–Crippen MR) is 51.8 cm³/mol. The van der Waals surface area contributed by atoms with Gasteiger partial charge in [-0.15, -0.1) is 0 Å². The average Bonchev–Trinajstić information content (AvgIpc) is 2.25. The minimum Gasteiger partial charge on any atom is -0.479 e. The van der Waals surface area contributed by atoms with Crippen LogP contribution in [-0.2, 0) is 0 Å². The summed E-state index contributed by atoms with van der Waals surface area (Å²) in [7, 11) is 0. The Kier molecular flexibility index (Phi) is 2.51. The lowest BCUT2D eigenvalue weighted by Crippen LogP contribution is -2.14. The van der Waals surface area contributed by atoms with Crippen LogP contribution >= 0.6 is 11.6 Å². The second-order valence-electron chi connectivity index (χ2n) is 3.09. The molecule has 0 aliphatic carbocycles. The molecular formula is C9H4ClF2NO3. The molecule has 1 heterocycles. The first-order valence-corrected chi connectivity index (χ1v) is 4.53. The summed E-state index contributed by atoms with van der Waals surface area (Å²) in [6.45, 7) is -0.376. The highest BCUT2D eigenvalue weighted by atomic mass is 35.5. The minimum absolute atomic E-state index is 0.0302. The van der Waals surface area contributed by atoms with Crippen molar-refractivity contribution in [1.82, 2.24) is 0 Å². The number of benzene rings is 1. The van der Waals surface area contributed by atoms with Crippen LogP contribution in [0.2, 0.25) is 5.02 Å². The largest absolute Gasteiger partial charge is 0.479 e. The smallest absolute Gasteiger partial charge is 0.284 e. The molecule has 1 aromatic rings. The third-order valence-electron chi connectivity index (χ3n) is 2.07. The Morgan fingerprint density at radius 2 is 2.19 bits per heavy atom. The van der Waals surface area contributed by atoms with Crippen molar-refractivity contribution >= 4 is 17.7 Å². The van der Waals surface area contributed by atoms with Crippen molar-refractivity contribution in [2.24, 2.45) is 0 Å². The highest BCUT2D eigenvalue weighted by Gasteiger charge is 2.25. The molecule has 1 aliphatic heterocycles. The van der Waals surface area contributed by atoms with E-state index in [4.69, 9.17) is 16.3 Å². The molecule has 0 fully saturated rings. The molecule has 0 N–H and O–H groups in total. The number of hydrogen-bond donors (Lipinski definition) is 0. The van der Waals surface area contributed by atoms with Gasteiger partial charge in [0.15, 0.2) is 18.2 Å². The Labute approximate surface area is 93.2 Å². The van der Waals surface area contributed by atoms with Gasteiger partial charge in [-0.1, -0.05) is 11.6 Å². The van der Waals surface area contributed by atoms with Crippen molar-refractivity contribution in [3.8, 4) is 5.75 Å². The summed E-state index contributed by atoms with van der Waals surface area (Å²) in [4.78, 5) is 9.77. The maximum atomic E-state index is 13.4. The van der Waals surface area contributed by atoms with Gasteiger partial charge in [0.25, 0.3) is 5.70 Å². The number of nitrogens with zero attached hydrogens (tertiary/aromatic N) is 1. The summed E-state index contributed by atoms with van der Waals surface area (Å²) in [5.74, 6) is -2.30. The van der Waals surface area contributed by atoms with Crippen LogP contribution in [-0.4, -0.2) is 11.5 Å². The summed E-state index contributed by atoms with van der Waals surface area (Å²) in [5.41, 5.74) is -0.300. The Balaban J connectivity index is 2.60. The lowest BCUT2D eigenvalue weighted by Gasteiger charge is -2.14. The number of halogens is 3. The van der Waals surface area contributed by atoms with Gasteiger partial charge in [-0.05, 0) is 6.07 Å². The standard InChI is InChI=1S/C9H4ClF2NO3/c10-7-6(11)2-4-1-5(13(14)15)3-16-9(4)8(7)12/h1-2H,3H2. The fourth-order valence-corrected chi connectivity index (χ4v) is 1.46. The molecule has 7 heteroatoms. The van der Waals surface area contributed by atoms with Gasteiger partial charge in [0.05, 0.1) is 4.92 Å². The zero-order valence-electron chi connectivity index (χ0n) is 7.67. The molecule has 0 amide bonds. The summed E-state index contributed by atoms with van der Waals surface area (Å²) in [5, 5.41) is 9.76. The average molecular weight is 248 g/mol. The first-order chi connectivity index (χ1) is 7.50. The zero-order chi connectivity index (χ0) is 11.9. The van der Waals surface area contributed by atoms with E-state index in [-0.39, 0.29) is 23.6 Å². The van der Waals surface area contributed by atoms with Crippen molar-refractivity contribution in [2.75, 3.05) is 6.61 Å². The van der Waals surface area contributed by atoms with E-state index >= 15 is 0 Å². The summed E-state index contributed by atoms with van der Waals surface area (Å²) in [6.07, 6.45) is 1.06. The molecule has 0 radical (unpaired) electrons. The lowest BCUT2D eigenvalue weighted by atomic mass is 10.1. The normalized spacial score (nSPS) is 13.8. The molecule has 0 aromatic heterocycles. The van der Waals surface area contributed by atoms with Crippen LogP contribution in [0.3, 0.4) is 0 Å². The summed E-state index contributed by atoms with van der Waals surface area (Å²) in [6, 6.07) is 0.892. The van der Waals surface area contributed by atoms with Crippen LogP contribution in [0.5, 0.6) is 5.75 Å². The monoisotopic (exact) mass is 247 g/mol. The molecule has 4 nitrogen and oxygen atoms in total. The van der Waals surface area contributed by atoms with Crippen LogP contribution in [0.25, 0.3) is 6.08 Å². The van der Waals surface area contributed by atoms with E-state index < -0.39 is 21.6 Å². The van der Waals surface area contributed by atoms with Crippen LogP contribution in [0.1, 0.15) is 5.56 Å². The fraction of sp³-hybridized carbons (Fsp3) is 0.111. The van der Waals surface area contributed by atoms with E-state index in [1.165, 1.54) is 0 Å². The molecule has 0 spiro atoms. The Hall–Kier alpha value is -1.69. The van der Waals surface area contributed by atoms with Gasteiger partial charge in [0.1, 0.15) is 10.8 Å². The first kappa shape index (κ1) is 10.8. The quantitative estimate of drug-likeness (QED) is 0.435. The van der Waals surface area contributed by atoms with Crippen molar-refractivity contribution < 1.29 is 18.4 Å². The van der Waals surface area contributed by atoms with Gasteiger partial charge in [0.2, 0.25) is 0 Å². The van der Waals surface area contributed by atoms with Gasteiger partial charge in [-0.3, -0.25) is 10.1 Å². The Morgan fingerprint density at radius 1 is 1.50 bits per heavy atom. The van der Waals surface area contributed by atoms with Crippen molar-refractivity contribution in [3.05, 3.63) is 44.1 Å². The lowest BCUT2D eigenvalue weighted by molar-refractivity contribution is -0.427. The number of fused-ring (bicyclic) bond motifs is 1. The molecule has 0 saturated heterocycles. The SMILES string of the molecule is O=[N+]([O-])C1=Cc2cc(F)c(Cl)c(F)c2OC1. The van der Waals surface area contributed by atoms with Crippen molar-refractivity contribution in [3.63, 3.8) is 0 Å². The highest BCUT2D eigenvalue weighted by Crippen LogP contribution is 2.35. The zero-order valence-corrected chi connectivity index (χ0v) is 8.42. The van der Waals surface area contributed by atoms with E-state index in [2.05, 4.69) is 0 Å². The number of rotatable bonds is 1. The summed E-state index contributed by atoms with van der Waals surface area (Å²) >= 11 is 5.33. The molecule has 0 saturated carbocycles. The Bertz CT molecular complexity index is 516. The van der Waals surface area contributed by atoms with Crippen LogP contribution in [0, 0.1) is 21.7 Å². The third kappa shape index (κ3) is 1.61. The summed E-state index contributed by atoms with van der Waals surface area (Å²) < 4.78 is 31.3. The van der Waals surface area contributed by atoms with Crippen LogP contribution in [0.15, 0.2) is 11.8 Å². The van der Waals surface area contributed by atoms with E-state index in [9.17, 15) is 18.9 Å². The molecule has 84 valence electrons. The molecule has 1 aromatic carbocycles. The molecule has 0 atom stereocenters. The maximum absolute atomic E-state index is 13.4. The minimum atomic E-state index is -1.05. The van der Waals surface area contributed by atoms with Gasteiger partial charge < -0.3 is 4.74 Å². The molecule has 1 aliphatic rings. The second-order valence-corrected chi connectivity index (χ2v) is 3.46. The van der Waals surface area contributed by atoms with E-state index in [0.29, 0.717) is 0 Å². The fourth-order valence-electron chi connectivity index (χ4n) is 1.32. The van der Waals surface area contributed by atoms with E-state index in [1.807, 2.05) is 0 Å². The molecule has 16 heavy (non-hydrogen) atoms. The van der Waals surface area contributed by atoms with E-state index in [1.54, 1.807) is 0 Å². The van der Waals surface area contributed by atoms with E-state index in [0.717, 1.165) is 12.1 Å². The number of nitro groups is 1. The number of ether oxygens (including phenoxy) is 1. The van der Waals surface area contributed by atoms with Gasteiger partial charge >= 0.3 is 0 Å². The van der Waals surface area contributed by atoms with Crippen LogP contribution < -0.4 is 4.74 Å². The van der Waals surface area contributed by atoms with Gasteiger partial charge in [-0.25, -0.2) is 8.78 Å². The Morgan fingerprint density at radius 3 is 2.81 bits per heavy atom. The maximum Gasteiger partial charge on any atom is 0.284 e. The molecule has 0 bridgehead atoms. The van der Waals surface area contributed by atoms with Crippen molar-refractivity contribution in [1.29, 1.82) is 0 Å². The van der Waals surface area contributed by atoms with Crippen LogP contribution in [0.4, 0.5) is 8.78 Å². The molecule has 0 unspecified atom stereocenters. The van der Waals surface area contributed by atoms with Gasteiger partial charge in [0, 0.05) is 11.6 Å².